The third-order valence-corrected chi connectivity index (χ3v) is 4.99. The molecule has 0 unspecified atom stereocenters. The minimum atomic E-state index is -0.0791. The first-order valence-corrected chi connectivity index (χ1v) is 9.88. The third kappa shape index (κ3) is 6.24. The zero-order chi connectivity index (χ0) is 19.8. The Morgan fingerprint density at radius 2 is 1.93 bits per heavy atom. The lowest BCUT2D eigenvalue weighted by Crippen LogP contribution is -2.46. The van der Waals surface area contributed by atoms with Crippen molar-refractivity contribution in [3.8, 4) is 0 Å². The van der Waals surface area contributed by atoms with Gasteiger partial charge in [0.25, 0.3) is 0 Å². The van der Waals surface area contributed by atoms with Gasteiger partial charge >= 0.3 is 6.03 Å². The molecular formula is C21H33N3O3. The molecule has 0 aliphatic carbocycles. The molecule has 0 spiro atoms. The third-order valence-electron chi connectivity index (χ3n) is 4.99. The van der Waals surface area contributed by atoms with Crippen LogP contribution < -0.4 is 10.6 Å². The van der Waals surface area contributed by atoms with E-state index in [1.54, 1.807) is 7.11 Å². The molecule has 0 bridgehead atoms. The fraction of sp³-hybridized carbons (Fsp3) is 0.619. The van der Waals surface area contributed by atoms with Crippen molar-refractivity contribution in [1.82, 2.24) is 4.90 Å². The summed E-state index contributed by atoms with van der Waals surface area (Å²) in [5.74, 6) is 0.295. The lowest BCUT2D eigenvalue weighted by atomic mass is 10.00. The number of anilines is 2. The molecule has 0 saturated carbocycles. The highest BCUT2D eigenvalue weighted by atomic mass is 16.5. The van der Waals surface area contributed by atoms with Gasteiger partial charge in [0, 0.05) is 44.1 Å². The van der Waals surface area contributed by atoms with Crippen LogP contribution in [0, 0.1) is 12.8 Å². The number of ether oxygens (including phenoxy) is 1. The molecule has 0 aromatic heterocycles. The van der Waals surface area contributed by atoms with Crippen LogP contribution in [0.4, 0.5) is 16.2 Å². The number of nitrogens with one attached hydrogen (secondary N) is 2. The van der Waals surface area contributed by atoms with E-state index in [1.165, 1.54) is 0 Å². The van der Waals surface area contributed by atoms with Crippen molar-refractivity contribution in [2.24, 2.45) is 5.92 Å². The van der Waals surface area contributed by atoms with Crippen molar-refractivity contribution in [1.29, 1.82) is 0 Å². The number of rotatable bonds is 7. The summed E-state index contributed by atoms with van der Waals surface area (Å²) in [6.07, 6.45) is 4.52. The maximum atomic E-state index is 12.9. The van der Waals surface area contributed by atoms with E-state index < -0.39 is 0 Å². The van der Waals surface area contributed by atoms with E-state index in [0.717, 1.165) is 49.2 Å². The molecule has 6 nitrogen and oxygen atoms in total. The number of piperidine rings is 1. The second-order valence-electron chi connectivity index (χ2n) is 7.68. The molecule has 1 aliphatic rings. The van der Waals surface area contributed by atoms with E-state index in [9.17, 15) is 9.59 Å². The summed E-state index contributed by atoms with van der Waals surface area (Å²) in [6, 6.07) is 5.73. The predicted molar refractivity (Wildman–Crippen MR) is 109 cm³/mol. The van der Waals surface area contributed by atoms with E-state index in [4.69, 9.17) is 4.74 Å². The first kappa shape index (κ1) is 21.2. The van der Waals surface area contributed by atoms with Crippen LogP contribution in [-0.4, -0.2) is 43.1 Å². The van der Waals surface area contributed by atoms with Crippen LogP contribution >= 0.6 is 0 Å². The highest BCUT2D eigenvalue weighted by Crippen LogP contribution is 2.26. The predicted octanol–water partition coefficient (Wildman–Crippen LogP) is 4.40. The summed E-state index contributed by atoms with van der Waals surface area (Å²) in [7, 11) is 1.69. The van der Waals surface area contributed by atoms with Crippen molar-refractivity contribution in [2.75, 3.05) is 30.9 Å². The zero-order valence-corrected chi connectivity index (χ0v) is 17.0. The van der Waals surface area contributed by atoms with Crippen LogP contribution in [0.3, 0.4) is 0 Å². The van der Waals surface area contributed by atoms with Gasteiger partial charge in [-0.3, -0.25) is 4.79 Å². The first-order valence-electron chi connectivity index (χ1n) is 9.88. The van der Waals surface area contributed by atoms with Crippen molar-refractivity contribution < 1.29 is 14.3 Å². The Bertz CT molecular complexity index is 646. The van der Waals surface area contributed by atoms with Crippen LogP contribution in [0.5, 0.6) is 0 Å². The molecule has 1 aliphatic heterocycles. The normalized spacial score (nSPS) is 17.1. The van der Waals surface area contributed by atoms with E-state index in [-0.39, 0.29) is 18.0 Å². The SMILES string of the molecule is COCC[C@H]1CCCCN1C(=O)Nc1cccc(NC(=O)CC(C)C)c1C. The van der Waals surface area contributed by atoms with Gasteiger partial charge in [-0.25, -0.2) is 4.79 Å². The number of nitrogens with zero attached hydrogens (tertiary/aromatic N) is 1. The second kappa shape index (κ2) is 10.3. The molecular weight excluding hydrogens is 342 g/mol. The van der Waals surface area contributed by atoms with Gasteiger partial charge in [-0.15, -0.1) is 0 Å². The quantitative estimate of drug-likeness (QED) is 0.742. The minimum Gasteiger partial charge on any atom is -0.385 e. The summed E-state index contributed by atoms with van der Waals surface area (Å²) in [6.45, 7) is 7.37. The second-order valence-corrected chi connectivity index (χ2v) is 7.68. The number of amides is 3. The molecule has 27 heavy (non-hydrogen) atoms. The van der Waals surface area contributed by atoms with Crippen molar-refractivity contribution in [3.05, 3.63) is 23.8 Å². The Morgan fingerprint density at radius 1 is 1.22 bits per heavy atom. The van der Waals surface area contributed by atoms with Crippen molar-refractivity contribution in [2.45, 2.75) is 58.9 Å². The van der Waals surface area contributed by atoms with E-state index in [2.05, 4.69) is 10.6 Å². The average Bonchev–Trinajstić information content (AvgIpc) is 2.62. The number of methoxy groups -OCH3 is 1. The molecule has 1 atom stereocenters. The van der Waals surface area contributed by atoms with E-state index in [1.807, 2.05) is 43.9 Å². The van der Waals surface area contributed by atoms with Crippen LogP contribution in [0.1, 0.15) is 51.5 Å². The number of urea groups is 1. The Kier molecular flexibility index (Phi) is 8.10. The van der Waals surface area contributed by atoms with Gasteiger partial charge in [-0.1, -0.05) is 19.9 Å². The lowest BCUT2D eigenvalue weighted by molar-refractivity contribution is -0.116. The van der Waals surface area contributed by atoms with E-state index in [0.29, 0.717) is 18.9 Å². The maximum absolute atomic E-state index is 12.9. The lowest BCUT2D eigenvalue weighted by Gasteiger charge is -2.35. The molecule has 0 radical (unpaired) electrons. The number of likely N-dealkylation sites (tertiary alicyclic amines) is 1. The molecule has 1 fully saturated rings. The fourth-order valence-corrected chi connectivity index (χ4v) is 3.49. The van der Waals surface area contributed by atoms with Crippen LogP contribution in [0.15, 0.2) is 18.2 Å². The molecule has 1 saturated heterocycles. The molecule has 150 valence electrons. The Hall–Kier alpha value is -2.08. The van der Waals surface area contributed by atoms with Crippen molar-refractivity contribution >= 4 is 23.3 Å². The standard InChI is InChI=1S/C21H33N3O3/c1-15(2)14-20(25)22-18-9-7-10-19(16(18)3)23-21(26)24-12-6-5-8-17(24)11-13-27-4/h7,9-10,15,17H,5-6,8,11-14H2,1-4H3,(H,22,25)(H,23,26)/t17-/m1/s1. The number of hydrogen-bond donors (Lipinski definition) is 2. The monoisotopic (exact) mass is 375 g/mol. The summed E-state index contributed by atoms with van der Waals surface area (Å²) >= 11 is 0. The van der Waals surface area contributed by atoms with Gasteiger partial charge in [0.15, 0.2) is 0 Å². The van der Waals surface area contributed by atoms with Gasteiger partial charge in [0.1, 0.15) is 0 Å². The van der Waals surface area contributed by atoms with Gasteiger partial charge in [0.05, 0.1) is 0 Å². The highest BCUT2D eigenvalue weighted by Gasteiger charge is 2.26. The van der Waals surface area contributed by atoms with Gasteiger partial charge in [-0.05, 0) is 56.2 Å². The number of benzene rings is 1. The summed E-state index contributed by atoms with van der Waals surface area (Å²) in [5.41, 5.74) is 2.35. The topological polar surface area (TPSA) is 70.7 Å². The Labute approximate surface area is 162 Å². The van der Waals surface area contributed by atoms with Crippen LogP contribution in [-0.2, 0) is 9.53 Å². The Morgan fingerprint density at radius 3 is 2.59 bits per heavy atom. The molecule has 3 amide bonds. The Balaban J connectivity index is 2.06. The molecule has 1 heterocycles. The molecule has 1 aromatic carbocycles. The first-order chi connectivity index (χ1) is 12.9. The molecule has 2 N–H and O–H groups in total. The fourth-order valence-electron chi connectivity index (χ4n) is 3.49. The smallest absolute Gasteiger partial charge is 0.322 e. The summed E-state index contributed by atoms with van der Waals surface area (Å²) in [4.78, 5) is 26.9. The number of hydrogen-bond acceptors (Lipinski definition) is 3. The minimum absolute atomic E-state index is 0.00719. The molecule has 6 heteroatoms. The summed E-state index contributed by atoms with van der Waals surface area (Å²) in [5, 5.41) is 5.99. The van der Waals surface area contributed by atoms with E-state index >= 15 is 0 Å². The van der Waals surface area contributed by atoms with Gasteiger partial charge in [-0.2, -0.15) is 0 Å². The van der Waals surface area contributed by atoms with Crippen LogP contribution in [0.2, 0.25) is 0 Å². The van der Waals surface area contributed by atoms with Crippen LogP contribution in [0.25, 0.3) is 0 Å². The van der Waals surface area contributed by atoms with Gasteiger partial charge in [0.2, 0.25) is 5.91 Å². The van der Waals surface area contributed by atoms with Gasteiger partial charge < -0.3 is 20.3 Å². The highest BCUT2D eigenvalue weighted by molar-refractivity contribution is 5.95. The molecule has 1 aromatic rings. The van der Waals surface area contributed by atoms with Crippen molar-refractivity contribution in [3.63, 3.8) is 0 Å². The maximum Gasteiger partial charge on any atom is 0.322 e. The number of carbonyl (C=O) groups is 2. The summed E-state index contributed by atoms with van der Waals surface area (Å²) < 4.78 is 5.19. The average molecular weight is 376 g/mol. The largest absolute Gasteiger partial charge is 0.385 e. The molecule has 2 rings (SSSR count). The number of carbonyl (C=O) groups excluding carboxylic acids is 2. The zero-order valence-electron chi connectivity index (χ0n) is 17.0.